The number of nitrogens with one attached hydrogen (secondary N) is 3. The number of anilines is 1. The van der Waals surface area contributed by atoms with E-state index in [9.17, 15) is 13.2 Å². The summed E-state index contributed by atoms with van der Waals surface area (Å²) in [6.45, 7) is 0.997. The van der Waals surface area contributed by atoms with Gasteiger partial charge in [-0.1, -0.05) is 12.1 Å². The van der Waals surface area contributed by atoms with Gasteiger partial charge in [0, 0.05) is 26.7 Å². The minimum Gasteiger partial charge on any atom is -0.383 e. The van der Waals surface area contributed by atoms with Gasteiger partial charge in [0.15, 0.2) is 0 Å². The molecule has 8 nitrogen and oxygen atoms in total. The van der Waals surface area contributed by atoms with Gasteiger partial charge < -0.3 is 15.8 Å². The van der Waals surface area contributed by atoms with E-state index in [-0.39, 0.29) is 24.4 Å². The van der Waals surface area contributed by atoms with Crippen LogP contribution in [0.15, 0.2) is 24.3 Å². The first-order valence-electron chi connectivity index (χ1n) is 6.34. The molecule has 5 N–H and O–H groups in total. The maximum Gasteiger partial charge on any atom is 0.299 e. The molecule has 0 aliphatic heterocycles. The van der Waals surface area contributed by atoms with Crippen molar-refractivity contribution in [3.63, 3.8) is 0 Å². The van der Waals surface area contributed by atoms with Crippen LogP contribution in [0.2, 0.25) is 0 Å². The topological polar surface area (TPSA) is 123 Å². The molecule has 21 heavy (non-hydrogen) atoms. The molecule has 1 rings (SSSR count). The van der Waals surface area contributed by atoms with Crippen molar-refractivity contribution >= 4 is 21.8 Å². The Hall–Kier alpha value is -1.68. The summed E-state index contributed by atoms with van der Waals surface area (Å²) in [7, 11) is -2.30. The zero-order chi connectivity index (χ0) is 15.7. The largest absolute Gasteiger partial charge is 0.383 e. The Morgan fingerprint density at radius 3 is 2.67 bits per heavy atom. The lowest BCUT2D eigenvalue weighted by atomic mass is 10.1. The molecule has 0 spiro atoms. The van der Waals surface area contributed by atoms with Crippen LogP contribution < -0.4 is 20.5 Å². The van der Waals surface area contributed by atoms with Crippen LogP contribution >= 0.6 is 0 Å². The van der Waals surface area contributed by atoms with Crippen molar-refractivity contribution in [2.45, 2.75) is 0 Å². The monoisotopic (exact) mass is 316 g/mol. The highest BCUT2D eigenvalue weighted by atomic mass is 32.2. The Morgan fingerprint density at radius 2 is 2.00 bits per heavy atom. The van der Waals surface area contributed by atoms with E-state index in [4.69, 9.17) is 10.5 Å². The predicted molar refractivity (Wildman–Crippen MR) is 80.3 cm³/mol. The van der Waals surface area contributed by atoms with Gasteiger partial charge in [-0.15, -0.1) is 0 Å². The van der Waals surface area contributed by atoms with Crippen molar-refractivity contribution in [3.05, 3.63) is 29.8 Å². The number of para-hydroxylation sites is 1. The minimum atomic E-state index is -3.77. The van der Waals surface area contributed by atoms with Gasteiger partial charge >= 0.3 is 0 Å². The summed E-state index contributed by atoms with van der Waals surface area (Å²) in [5.41, 5.74) is 5.73. The lowest BCUT2D eigenvalue weighted by Gasteiger charge is -2.13. The molecule has 1 aromatic carbocycles. The molecule has 0 fully saturated rings. The van der Waals surface area contributed by atoms with Crippen LogP contribution in [0.4, 0.5) is 5.69 Å². The van der Waals surface area contributed by atoms with Gasteiger partial charge in [0.25, 0.3) is 16.1 Å². The van der Waals surface area contributed by atoms with Gasteiger partial charge in [0.05, 0.1) is 17.9 Å². The van der Waals surface area contributed by atoms with Crippen LogP contribution in [0.5, 0.6) is 0 Å². The van der Waals surface area contributed by atoms with Gasteiger partial charge in [-0.3, -0.25) is 9.52 Å². The highest BCUT2D eigenvalue weighted by Crippen LogP contribution is 2.15. The molecular formula is C12H20N4O4S. The van der Waals surface area contributed by atoms with Crippen LogP contribution in [-0.2, 0) is 14.9 Å². The molecule has 0 bridgehead atoms. The van der Waals surface area contributed by atoms with Crippen molar-refractivity contribution in [1.29, 1.82) is 0 Å². The third-order valence-electron chi connectivity index (χ3n) is 2.44. The lowest BCUT2D eigenvalue weighted by molar-refractivity contribution is 0.0955. The molecule has 0 aliphatic rings. The Balaban J connectivity index is 2.81. The minimum absolute atomic E-state index is 0.132. The Bertz CT molecular complexity index is 562. The van der Waals surface area contributed by atoms with Crippen LogP contribution in [0.25, 0.3) is 0 Å². The number of nitrogens with two attached hydrogens (primary N) is 1. The molecule has 9 heteroatoms. The second kappa shape index (κ2) is 8.57. The maximum absolute atomic E-state index is 11.9. The zero-order valence-corrected chi connectivity index (χ0v) is 12.6. The summed E-state index contributed by atoms with van der Waals surface area (Å²) in [4.78, 5) is 11.9. The van der Waals surface area contributed by atoms with E-state index in [0.717, 1.165) is 0 Å². The summed E-state index contributed by atoms with van der Waals surface area (Å²) < 4.78 is 33.1. The number of ether oxygens (including phenoxy) is 1. The fraction of sp³-hybridized carbons (Fsp3) is 0.417. The first kappa shape index (κ1) is 17.4. The molecule has 0 radical (unpaired) electrons. The van der Waals surface area contributed by atoms with E-state index in [2.05, 4.69) is 14.8 Å². The fourth-order valence-electron chi connectivity index (χ4n) is 1.51. The maximum atomic E-state index is 11.9. The van der Waals surface area contributed by atoms with Crippen molar-refractivity contribution in [2.75, 3.05) is 38.1 Å². The average molecular weight is 316 g/mol. The van der Waals surface area contributed by atoms with E-state index < -0.39 is 16.1 Å². The molecule has 0 aliphatic carbocycles. The van der Waals surface area contributed by atoms with Gasteiger partial charge in [-0.25, -0.2) is 0 Å². The number of methoxy groups -OCH3 is 1. The molecule has 1 amide bonds. The number of benzene rings is 1. The third-order valence-corrected chi connectivity index (χ3v) is 3.52. The molecule has 0 saturated carbocycles. The summed E-state index contributed by atoms with van der Waals surface area (Å²) in [6.07, 6.45) is 0. The molecule has 0 heterocycles. The van der Waals surface area contributed by atoms with Crippen molar-refractivity contribution < 1.29 is 17.9 Å². The van der Waals surface area contributed by atoms with E-state index in [0.29, 0.717) is 13.1 Å². The molecule has 1 aromatic rings. The highest BCUT2D eigenvalue weighted by molar-refractivity contribution is 7.90. The zero-order valence-electron chi connectivity index (χ0n) is 11.8. The summed E-state index contributed by atoms with van der Waals surface area (Å²) in [5.74, 6) is -0.393. The van der Waals surface area contributed by atoms with Crippen molar-refractivity contribution in [2.24, 2.45) is 5.73 Å². The number of amides is 1. The highest BCUT2D eigenvalue weighted by Gasteiger charge is 2.15. The smallest absolute Gasteiger partial charge is 0.299 e. The number of carbonyl (C=O) groups excluding carboxylic acids is 1. The number of hydrogen-bond acceptors (Lipinski definition) is 5. The number of carbonyl (C=O) groups is 1. The molecule has 118 valence electrons. The van der Waals surface area contributed by atoms with Crippen LogP contribution in [-0.4, -0.2) is 47.7 Å². The SMILES string of the molecule is COCCNS(=O)(=O)Nc1ccccc1C(=O)NCCN. The average Bonchev–Trinajstić information content (AvgIpc) is 2.45. The molecule has 0 saturated heterocycles. The Labute approximate surface area is 124 Å². The third kappa shape index (κ3) is 6.08. The molecule has 0 atom stereocenters. The van der Waals surface area contributed by atoms with Gasteiger partial charge in [-0.05, 0) is 12.1 Å². The standard InChI is InChI=1S/C12H20N4O4S/c1-20-9-8-15-21(18,19)16-11-5-3-2-4-10(11)12(17)14-7-6-13/h2-5,15-16H,6-9,13H2,1H3,(H,14,17). The van der Waals surface area contributed by atoms with E-state index in [1.54, 1.807) is 12.1 Å². The van der Waals surface area contributed by atoms with Gasteiger partial charge in [-0.2, -0.15) is 13.1 Å². The predicted octanol–water partition coefficient (Wildman–Crippen LogP) is -0.732. The van der Waals surface area contributed by atoms with Crippen molar-refractivity contribution in [1.82, 2.24) is 10.0 Å². The summed E-state index contributed by atoms with van der Waals surface area (Å²) >= 11 is 0. The second-order valence-electron chi connectivity index (χ2n) is 4.08. The number of hydrogen-bond donors (Lipinski definition) is 4. The van der Waals surface area contributed by atoms with Gasteiger partial charge in [0.1, 0.15) is 0 Å². The molecular weight excluding hydrogens is 296 g/mol. The quantitative estimate of drug-likeness (QED) is 0.447. The first-order valence-corrected chi connectivity index (χ1v) is 7.82. The molecule has 0 aromatic heterocycles. The number of rotatable bonds is 9. The van der Waals surface area contributed by atoms with Crippen LogP contribution in [0.3, 0.4) is 0 Å². The lowest BCUT2D eigenvalue weighted by Crippen LogP contribution is -2.34. The van der Waals surface area contributed by atoms with Crippen molar-refractivity contribution in [3.8, 4) is 0 Å². The van der Waals surface area contributed by atoms with Crippen LogP contribution in [0, 0.1) is 0 Å². The first-order chi connectivity index (χ1) is 10.00. The second-order valence-corrected chi connectivity index (χ2v) is 5.58. The van der Waals surface area contributed by atoms with E-state index in [1.165, 1.54) is 19.2 Å². The van der Waals surface area contributed by atoms with Crippen LogP contribution in [0.1, 0.15) is 10.4 Å². The van der Waals surface area contributed by atoms with Gasteiger partial charge in [0.2, 0.25) is 0 Å². The normalized spacial score (nSPS) is 11.1. The summed E-state index contributed by atoms with van der Waals surface area (Å²) in [6, 6.07) is 6.31. The fourth-order valence-corrected chi connectivity index (χ4v) is 2.40. The Kier molecular flexibility index (Phi) is 7.09. The molecule has 0 unspecified atom stereocenters. The Morgan fingerprint density at radius 1 is 1.29 bits per heavy atom. The van der Waals surface area contributed by atoms with E-state index in [1.807, 2.05) is 0 Å². The van der Waals surface area contributed by atoms with E-state index >= 15 is 0 Å². The summed E-state index contributed by atoms with van der Waals surface area (Å²) in [5, 5.41) is 2.59.